The number of nitrogens with one attached hydrogen (secondary N) is 2. The Morgan fingerprint density at radius 1 is 1.30 bits per heavy atom. The van der Waals surface area contributed by atoms with Crippen LogP contribution in [0.15, 0.2) is 41.3 Å². The Morgan fingerprint density at radius 3 is 2.70 bits per heavy atom. The number of carbonyl (C=O) groups excluding carboxylic acids is 1. The van der Waals surface area contributed by atoms with Gasteiger partial charge in [0.2, 0.25) is 5.43 Å². The number of rotatable bonds is 6. The van der Waals surface area contributed by atoms with E-state index in [0.29, 0.717) is 29.5 Å². The minimum Gasteiger partial charge on any atom is -0.488 e. The van der Waals surface area contributed by atoms with Crippen molar-refractivity contribution in [3.63, 3.8) is 0 Å². The van der Waals surface area contributed by atoms with E-state index in [-0.39, 0.29) is 17.9 Å². The molecule has 1 heterocycles. The zero-order chi connectivity index (χ0) is 16.8. The molecule has 5 nitrogen and oxygen atoms in total. The van der Waals surface area contributed by atoms with Gasteiger partial charge in [-0.2, -0.15) is 0 Å². The summed E-state index contributed by atoms with van der Waals surface area (Å²) in [6.07, 6.45) is 1.54. The van der Waals surface area contributed by atoms with Crippen molar-refractivity contribution in [1.29, 1.82) is 0 Å². The molecule has 0 fully saturated rings. The molecule has 0 aliphatic carbocycles. The number of carbonyl (C=O) groups is 1. The first kappa shape index (κ1) is 16.8. The van der Waals surface area contributed by atoms with Crippen molar-refractivity contribution in [2.45, 2.75) is 27.3 Å². The summed E-state index contributed by atoms with van der Waals surface area (Å²) in [6.45, 7) is 6.67. The molecule has 0 aliphatic rings. The second-order valence-corrected chi connectivity index (χ2v) is 5.89. The smallest absolute Gasteiger partial charge is 0.251 e. The molecular formula is C18H22N2O3. The zero-order valence-electron chi connectivity index (χ0n) is 13.7. The number of amides is 1. The molecule has 0 spiro atoms. The summed E-state index contributed by atoms with van der Waals surface area (Å²) in [5.41, 5.74) is 1.99. The second-order valence-electron chi connectivity index (χ2n) is 5.89. The molecule has 1 aromatic carbocycles. The third-order valence-electron chi connectivity index (χ3n) is 3.34. The average molecular weight is 314 g/mol. The Kier molecular flexibility index (Phi) is 5.57. The highest BCUT2D eigenvalue weighted by Crippen LogP contribution is 2.08. The molecule has 23 heavy (non-hydrogen) atoms. The summed E-state index contributed by atoms with van der Waals surface area (Å²) in [6, 6.07) is 8.83. The highest BCUT2D eigenvalue weighted by molar-refractivity contribution is 5.95. The molecule has 0 saturated carbocycles. The fourth-order valence-corrected chi connectivity index (χ4v) is 2.07. The number of H-pyrrole nitrogens is 1. The summed E-state index contributed by atoms with van der Waals surface area (Å²) in [5.74, 6) is 0.485. The van der Waals surface area contributed by atoms with Gasteiger partial charge in [-0.05, 0) is 24.5 Å². The van der Waals surface area contributed by atoms with Crippen molar-refractivity contribution in [1.82, 2.24) is 10.3 Å². The number of ether oxygens (including phenoxy) is 1. The molecular weight excluding hydrogens is 292 g/mol. The zero-order valence-corrected chi connectivity index (χ0v) is 13.7. The van der Waals surface area contributed by atoms with E-state index in [4.69, 9.17) is 4.74 Å². The van der Waals surface area contributed by atoms with Crippen molar-refractivity contribution < 1.29 is 9.53 Å². The normalized spacial score (nSPS) is 10.6. The molecule has 122 valence electrons. The molecule has 0 saturated heterocycles. The van der Waals surface area contributed by atoms with Gasteiger partial charge in [0.25, 0.3) is 5.91 Å². The average Bonchev–Trinajstić information content (AvgIpc) is 2.52. The number of aryl methyl sites for hydroxylation is 1. The van der Waals surface area contributed by atoms with Gasteiger partial charge in [0.05, 0.1) is 13.2 Å². The van der Waals surface area contributed by atoms with Gasteiger partial charge in [-0.15, -0.1) is 0 Å². The first-order chi connectivity index (χ1) is 11.0. The van der Waals surface area contributed by atoms with Crippen LogP contribution in [0.3, 0.4) is 0 Å². The molecule has 0 atom stereocenters. The van der Waals surface area contributed by atoms with Crippen molar-refractivity contribution >= 4 is 5.91 Å². The summed E-state index contributed by atoms with van der Waals surface area (Å²) in [5, 5.41) is 2.80. The standard InChI is InChI=1S/C18H22N2O3/c1-12(2)11-23-17-10-19-14(8-16(17)21)9-20-18(22)15-7-5-4-6-13(15)3/h4-8,10,12H,9,11H2,1-3H3,(H,19,21)(H,20,22). The van der Waals surface area contributed by atoms with Gasteiger partial charge in [-0.25, -0.2) is 0 Å². The van der Waals surface area contributed by atoms with E-state index in [0.717, 1.165) is 5.56 Å². The number of pyridine rings is 1. The van der Waals surface area contributed by atoms with E-state index in [1.807, 2.05) is 39.0 Å². The van der Waals surface area contributed by atoms with E-state index >= 15 is 0 Å². The molecule has 2 aromatic rings. The van der Waals surface area contributed by atoms with Crippen LogP contribution in [0, 0.1) is 12.8 Å². The van der Waals surface area contributed by atoms with Gasteiger partial charge in [-0.1, -0.05) is 32.0 Å². The molecule has 0 bridgehead atoms. The van der Waals surface area contributed by atoms with Crippen molar-refractivity contribution in [3.05, 3.63) is 63.6 Å². The quantitative estimate of drug-likeness (QED) is 0.861. The van der Waals surface area contributed by atoms with Crippen molar-refractivity contribution in [2.24, 2.45) is 5.92 Å². The lowest BCUT2D eigenvalue weighted by Gasteiger charge is -2.10. The van der Waals surface area contributed by atoms with Crippen LogP contribution in [0.5, 0.6) is 5.75 Å². The fraction of sp³-hybridized carbons (Fsp3) is 0.333. The molecule has 0 aliphatic heterocycles. The maximum atomic E-state index is 12.1. The monoisotopic (exact) mass is 314 g/mol. The van der Waals surface area contributed by atoms with Gasteiger partial charge in [-0.3, -0.25) is 9.59 Å². The van der Waals surface area contributed by atoms with E-state index < -0.39 is 0 Å². The van der Waals surface area contributed by atoms with E-state index in [1.165, 1.54) is 6.07 Å². The van der Waals surface area contributed by atoms with Crippen LogP contribution in [0.2, 0.25) is 0 Å². The Bertz CT molecular complexity index is 735. The minimum absolute atomic E-state index is 0.163. The van der Waals surface area contributed by atoms with Gasteiger partial charge in [0, 0.05) is 23.5 Å². The fourth-order valence-electron chi connectivity index (χ4n) is 2.07. The van der Waals surface area contributed by atoms with Crippen molar-refractivity contribution in [2.75, 3.05) is 6.61 Å². The Hall–Kier alpha value is -2.56. The third kappa shape index (κ3) is 4.71. The summed E-state index contributed by atoms with van der Waals surface area (Å²) >= 11 is 0. The number of hydrogen-bond acceptors (Lipinski definition) is 3. The van der Waals surface area contributed by atoms with Crippen LogP contribution < -0.4 is 15.5 Å². The lowest BCUT2D eigenvalue weighted by atomic mass is 10.1. The molecule has 2 rings (SSSR count). The van der Waals surface area contributed by atoms with Crippen LogP contribution in [0.25, 0.3) is 0 Å². The Balaban J connectivity index is 1.99. The SMILES string of the molecule is Cc1ccccc1C(=O)NCc1cc(=O)c(OCC(C)C)c[nH]1. The predicted octanol–water partition coefficient (Wildman–Crippen LogP) is 2.65. The lowest BCUT2D eigenvalue weighted by molar-refractivity contribution is 0.0950. The van der Waals surface area contributed by atoms with Gasteiger partial charge < -0.3 is 15.0 Å². The number of hydrogen-bond donors (Lipinski definition) is 2. The molecule has 0 radical (unpaired) electrons. The van der Waals surface area contributed by atoms with E-state index in [1.54, 1.807) is 12.3 Å². The number of aromatic nitrogens is 1. The topological polar surface area (TPSA) is 71.2 Å². The maximum Gasteiger partial charge on any atom is 0.251 e. The Morgan fingerprint density at radius 2 is 2.04 bits per heavy atom. The van der Waals surface area contributed by atoms with Crippen LogP contribution in [-0.4, -0.2) is 17.5 Å². The van der Waals surface area contributed by atoms with Crippen LogP contribution in [0.1, 0.15) is 35.5 Å². The van der Waals surface area contributed by atoms with Gasteiger partial charge in [0.1, 0.15) is 0 Å². The molecule has 0 unspecified atom stereocenters. The molecule has 5 heteroatoms. The molecule has 1 aromatic heterocycles. The first-order valence-electron chi connectivity index (χ1n) is 7.65. The predicted molar refractivity (Wildman–Crippen MR) is 89.7 cm³/mol. The van der Waals surface area contributed by atoms with Gasteiger partial charge >= 0.3 is 0 Å². The minimum atomic E-state index is -0.190. The van der Waals surface area contributed by atoms with Crippen LogP contribution >= 0.6 is 0 Å². The van der Waals surface area contributed by atoms with Gasteiger partial charge in [0.15, 0.2) is 5.75 Å². The molecule has 2 N–H and O–H groups in total. The first-order valence-corrected chi connectivity index (χ1v) is 7.65. The highest BCUT2D eigenvalue weighted by atomic mass is 16.5. The second kappa shape index (κ2) is 7.63. The van der Waals surface area contributed by atoms with Crippen LogP contribution in [-0.2, 0) is 6.54 Å². The summed E-state index contributed by atoms with van der Waals surface area (Å²) in [7, 11) is 0. The number of aromatic amines is 1. The van der Waals surface area contributed by atoms with E-state index in [9.17, 15) is 9.59 Å². The lowest BCUT2D eigenvalue weighted by Crippen LogP contribution is -2.25. The Labute approximate surface area is 135 Å². The largest absolute Gasteiger partial charge is 0.488 e. The summed E-state index contributed by atoms with van der Waals surface area (Å²) < 4.78 is 5.43. The number of benzene rings is 1. The third-order valence-corrected chi connectivity index (χ3v) is 3.34. The van der Waals surface area contributed by atoms with Crippen LogP contribution in [0.4, 0.5) is 0 Å². The molecule has 1 amide bonds. The van der Waals surface area contributed by atoms with E-state index in [2.05, 4.69) is 10.3 Å². The van der Waals surface area contributed by atoms with Crippen molar-refractivity contribution in [3.8, 4) is 5.75 Å². The maximum absolute atomic E-state index is 12.1. The summed E-state index contributed by atoms with van der Waals surface area (Å²) in [4.78, 5) is 27.1. The highest BCUT2D eigenvalue weighted by Gasteiger charge is 2.09.